The second-order valence-electron chi connectivity index (χ2n) is 7.82. The molecule has 0 radical (unpaired) electrons. The van der Waals surface area contributed by atoms with Crippen molar-refractivity contribution in [3.8, 4) is 0 Å². The van der Waals surface area contributed by atoms with Crippen molar-refractivity contribution in [2.75, 3.05) is 17.2 Å². The van der Waals surface area contributed by atoms with Gasteiger partial charge in [0.1, 0.15) is 0 Å². The van der Waals surface area contributed by atoms with Crippen LogP contribution in [0, 0.1) is 0 Å². The highest BCUT2D eigenvalue weighted by Crippen LogP contribution is 2.33. The number of anilines is 2. The van der Waals surface area contributed by atoms with E-state index < -0.39 is 5.91 Å². The van der Waals surface area contributed by atoms with E-state index in [1.807, 2.05) is 0 Å². The largest absolute Gasteiger partial charge is 0.358 e. The number of piperidine rings is 1. The van der Waals surface area contributed by atoms with E-state index in [4.69, 9.17) is 16.1 Å². The smallest absolute Gasteiger partial charge is 0.277 e. The molecule has 4 rings (SSSR count). The Morgan fingerprint density at radius 3 is 2.55 bits per heavy atom. The van der Waals surface area contributed by atoms with Gasteiger partial charge in [-0.05, 0) is 55.7 Å². The summed E-state index contributed by atoms with van der Waals surface area (Å²) < 4.78 is 5.49. The summed E-state index contributed by atoms with van der Waals surface area (Å²) in [6.07, 6.45) is 2.51. The van der Waals surface area contributed by atoms with Crippen LogP contribution in [-0.4, -0.2) is 34.3 Å². The minimum atomic E-state index is -0.444. The Morgan fingerprint density at radius 1 is 1.06 bits per heavy atom. The molecule has 2 aromatic carbocycles. The highest BCUT2D eigenvalue weighted by molar-refractivity contribution is 6.33. The molecule has 9 heteroatoms. The summed E-state index contributed by atoms with van der Waals surface area (Å²) in [6, 6.07) is 14.9. The Balaban J connectivity index is 1.50. The molecule has 3 amide bonds. The lowest BCUT2D eigenvalue weighted by molar-refractivity contribution is -0.114. The molecule has 0 aliphatic carbocycles. The second kappa shape index (κ2) is 9.87. The van der Waals surface area contributed by atoms with Gasteiger partial charge in [-0.2, -0.15) is 0 Å². The van der Waals surface area contributed by atoms with E-state index in [-0.39, 0.29) is 23.6 Å². The van der Waals surface area contributed by atoms with E-state index >= 15 is 0 Å². The third-order valence-electron chi connectivity index (χ3n) is 5.43. The Kier molecular flexibility index (Phi) is 6.74. The van der Waals surface area contributed by atoms with Gasteiger partial charge in [0.15, 0.2) is 11.5 Å². The van der Waals surface area contributed by atoms with Crippen molar-refractivity contribution in [1.82, 2.24) is 10.1 Å². The average molecular weight is 467 g/mol. The minimum absolute atomic E-state index is 0.113. The molecule has 8 nitrogen and oxygen atoms in total. The maximum Gasteiger partial charge on any atom is 0.277 e. The van der Waals surface area contributed by atoms with Crippen molar-refractivity contribution in [3.05, 3.63) is 76.6 Å². The molecule has 0 spiro atoms. The first-order valence-electron chi connectivity index (χ1n) is 10.6. The number of nitrogens with one attached hydrogen (secondary N) is 2. The number of likely N-dealkylation sites (tertiary alicyclic amines) is 1. The Bertz CT molecular complexity index is 1180. The number of carbonyl (C=O) groups excluding carboxylic acids is 3. The van der Waals surface area contributed by atoms with Gasteiger partial charge in [0.2, 0.25) is 5.91 Å². The highest BCUT2D eigenvalue weighted by atomic mass is 35.5. The molecule has 1 atom stereocenters. The predicted molar refractivity (Wildman–Crippen MR) is 124 cm³/mol. The molecule has 170 valence electrons. The van der Waals surface area contributed by atoms with Crippen LogP contribution in [0.3, 0.4) is 0 Å². The van der Waals surface area contributed by atoms with E-state index in [0.717, 1.165) is 12.8 Å². The third-order valence-corrected chi connectivity index (χ3v) is 5.76. The maximum absolute atomic E-state index is 13.2. The van der Waals surface area contributed by atoms with E-state index in [1.54, 1.807) is 59.5 Å². The lowest BCUT2D eigenvalue weighted by Gasteiger charge is -2.34. The molecule has 1 saturated heterocycles. The normalized spacial score (nSPS) is 15.7. The molecule has 0 bridgehead atoms. The van der Waals surface area contributed by atoms with Gasteiger partial charge in [-0.3, -0.25) is 14.4 Å². The van der Waals surface area contributed by atoms with Crippen molar-refractivity contribution >= 4 is 40.7 Å². The van der Waals surface area contributed by atoms with Crippen molar-refractivity contribution in [1.29, 1.82) is 0 Å². The van der Waals surface area contributed by atoms with Crippen molar-refractivity contribution < 1.29 is 18.9 Å². The summed E-state index contributed by atoms with van der Waals surface area (Å²) >= 11 is 6.11. The number of amides is 3. The van der Waals surface area contributed by atoms with Crippen molar-refractivity contribution in [2.45, 2.75) is 32.2 Å². The zero-order valence-corrected chi connectivity index (χ0v) is 18.8. The Morgan fingerprint density at radius 2 is 1.82 bits per heavy atom. The van der Waals surface area contributed by atoms with E-state index in [0.29, 0.717) is 40.7 Å². The van der Waals surface area contributed by atoms with E-state index in [1.165, 1.54) is 6.92 Å². The van der Waals surface area contributed by atoms with Crippen LogP contribution in [-0.2, 0) is 4.79 Å². The lowest BCUT2D eigenvalue weighted by atomic mass is 9.98. The first kappa shape index (κ1) is 22.5. The molecular formula is C24H23ClN4O4. The molecule has 1 fully saturated rings. The quantitative estimate of drug-likeness (QED) is 0.556. The number of hydrogen-bond acceptors (Lipinski definition) is 5. The third kappa shape index (κ3) is 5.23. The fourth-order valence-corrected chi connectivity index (χ4v) is 4.02. The van der Waals surface area contributed by atoms with Crippen LogP contribution in [0.25, 0.3) is 0 Å². The molecule has 3 aromatic rings. The van der Waals surface area contributed by atoms with E-state index in [9.17, 15) is 14.4 Å². The van der Waals surface area contributed by atoms with Crippen LogP contribution < -0.4 is 10.6 Å². The second-order valence-corrected chi connectivity index (χ2v) is 8.22. The van der Waals surface area contributed by atoms with Crippen LogP contribution in [0.1, 0.15) is 58.8 Å². The summed E-state index contributed by atoms with van der Waals surface area (Å²) in [7, 11) is 0. The van der Waals surface area contributed by atoms with Crippen LogP contribution in [0.5, 0.6) is 0 Å². The van der Waals surface area contributed by atoms with Gasteiger partial charge in [-0.25, -0.2) is 0 Å². The molecule has 1 aromatic heterocycles. The molecule has 33 heavy (non-hydrogen) atoms. The standard InChI is InChI=1S/C24H23ClN4O4/c1-15(30)26-17-11-9-16(10-12-17)24(32)29-13-5-4-8-21(29)22-14-20(28-33-22)23(31)27-19-7-3-2-6-18(19)25/h2-3,6-7,9-12,14,21H,4-5,8,13H2,1H3,(H,26,30)(H,27,31). The predicted octanol–water partition coefficient (Wildman–Crippen LogP) is 4.91. The van der Waals surface area contributed by atoms with E-state index in [2.05, 4.69) is 15.8 Å². The molecular weight excluding hydrogens is 444 g/mol. The van der Waals surface area contributed by atoms with Gasteiger partial charge in [-0.15, -0.1) is 0 Å². The average Bonchev–Trinajstić information content (AvgIpc) is 3.31. The summed E-state index contributed by atoms with van der Waals surface area (Å²) in [5, 5.41) is 9.74. The molecule has 1 aliphatic heterocycles. The zero-order valence-electron chi connectivity index (χ0n) is 18.0. The first-order chi connectivity index (χ1) is 15.9. The van der Waals surface area contributed by atoms with Crippen LogP contribution in [0.4, 0.5) is 11.4 Å². The summed E-state index contributed by atoms with van der Waals surface area (Å²) in [5.41, 5.74) is 1.72. The SMILES string of the molecule is CC(=O)Nc1ccc(C(=O)N2CCCCC2c2cc(C(=O)Nc3ccccc3Cl)no2)cc1. The summed E-state index contributed by atoms with van der Waals surface area (Å²) in [6.45, 7) is 2.00. The lowest BCUT2D eigenvalue weighted by Crippen LogP contribution is -2.38. The van der Waals surface area contributed by atoms with Crippen LogP contribution in [0.2, 0.25) is 5.02 Å². The van der Waals surface area contributed by atoms with Gasteiger partial charge < -0.3 is 20.1 Å². The number of aromatic nitrogens is 1. The first-order valence-corrected chi connectivity index (χ1v) is 11.0. The zero-order chi connectivity index (χ0) is 23.4. The van der Waals surface area contributed by atoms with Gasteiger partial charge >= 0.3 is 0 Å². The summed E-state index contributed by atoms with van der Waals surface area (Å²) in [4.78, 5) is 38.8. The molecule has 0 saturated carbocycles. The molecule has 1 unspecified atom stereocenters. The monoisotopic (exact) mass is 466 g/mol. The Labute approximate surface area is 195 Å². The number of halogens is 1. The fraction of sp³-hybridized carbons (Fsp3) is 0.250. The number of para-hydroxylation sites is 1. The van der Waals surface area contributed by atoms with Crippen molar-refractivity contribution in [2.24, 2.45) is 0 Å². The Hall–Kier alpha value is -3.65. The number of carbonyl (C=O) groups is 3. The molecule has 2 heterocycles. The summed E-state index contributed by atoms with van der Waals surface area (Å²) in [5.74, 6) is -0.306. The fourth-order valence-electron chi connectivity index (χ4n) is 3.84. The number of rotatable bonds is 5. The number of nitrogens with zero attached hydrogens (tertiary/aromatic N) is 2. The van der Waals surface area contributed by atoms with Crippen LogP contribution in [0.15, 0.2) is 59.1 Å². The topological polar surface area (TPSA) is 105 Å². The molecule has 2 N–H and O–H groups in total. The van der Waals surface area contributed by atoms with Crippen LogP contribution >= 0.6 is 11.6 Å². The number of hydrogen-bond donors (Lipinski definition) is 2. The minimum Gasteiger partial charge on any atom is -0.358 e. The molecule has 1 aliphatic rings. The van der Waals surface area contributed by atoms with Gasteiger partial charge in [0.05, 0.1) is 16.8 Å². The maximum atomic E-state index is 13.2. The van der Waals surface area contributed by atoms with Crippen molar-refractivity contribution in [3.63, 3.8) is 0 Å². The number of benzene rings is 2. The van der Waals surface area contributed by atoms with Gasteiger partial charge in [0.25, 0.3) is 11.8 Å². The van der Waals surface area contributed by atoms with Gasteiger partial charge in [0, 0.05) is 30.8 Å². The van der Waals surface area contributed by atoms with Gasteiger partial charge in [-0.1, -0.05) is 28.9 Å². The highest BCUT2D eigenvalue weighted by Gasteiger charge is 2.32.